The van der Waals surface area contributed by atoms with E-state index in [0.29, 0.717) is 5.02 Å². The molecule has 1 fully saturated rings. The SMILES string of the molecule is O=C(CN(C(=O)c1ccccc1Cl)N1C(=O)[C@@H]2C3c4ccccc4C(c4ccccc43)[C@@H]2C1=O)c1ccc(Cl)cc1Cl. The third-order valence-corrected chi connectivity index (χ3v) is 9.41. The number of imide groups is 1. The third kappa shape index (κ3) is 3.93. The standard InChI is InChI=1S/C33H21Cl3N2O4/c34-17-13-14-22(25(36)15-17)26(39)16-37(31(40)23-11-5-6-12-24(23)35)38-32(41)29-27-18-7-1-2-8-19(18)28(30(29)33(38)42)21-10-4-3-9-20(21)27/h1-15,27-30H,16H2/t27?,28?,29-,30+. The van der Waals surface area contributed by atoms with Gasteiger partial charge < -0.3 is 0 Å². The minimum Gasteiger partial charge on any atom is -0.292 e. The molecule has 4 aliphatic rings. The monoisotopic (exact) mass is 614 g/mol. The van der Waals surface area contributed by atoms with Crippen molar-refractivity contribution in [2.24, 2.45) is 11.8 Å². The number of carbonyl (C=O) groups excluding carboxylic acids is 4. The number of Topliss-reactive ketones (excluding diaryl/α,β-unsaturated/α-hetero) is 1. The molecule has 208 valence electrons. The second kappa shape index (κ2) is 10.1. The van der Waals surface area contributed by atoms with E-state index in [-0.39, 0.29) is 33.0 Å². The van der Waals surface area contributed by atoms with Crippen molar-refractivity contribution < 1.29 is 19.2 Å². The van der Waals surface area contributed by atoms with Crippen LogP contribution in [0.2, 0.25) is 15.1 Å². The second-order valence-corrected chi connectivity index (χ2v) is 11.9. The minimum atomic E-state index is -0.748. The van der Waals surface area contributed by atoms with Crippen LogP contribution in [0.5, 0.6) is 0 Å². The van der Waals surface area contributed by atoms with Crippen LogP contribution < -0.4 is 0 Å². The summed E-state index contributed by atoms with van der Waals surface area (Å²) >= 11 is 18.7. The topological polar surface area (TPSA) is 74.8 Å². The molecule has 0 unspecified atom stereocenters. The van der Waals surface area contributed by atoms with E-state index >= 15 is 0 Å². The van der Waals surface area contributed by atoms with Crippen molar-refractivity contribution in [1.29, 1.82) is 0 Å². The van der Waals surface area contributed by atoms with Crippen molar-refractivity contribution in [2.75, 3.05) is 6.54 Å². The van der Waals surface area contributed by atoms with Crippen LogP contribution >= 0.6 is 34.8 Å². The Morgan fingerprint density at radius 2 is 1.14 bits per heavy atom. The predicted molar refractivity (Wildman–Crippen MR) is 159 cm³/mol. The number of hydrazine groups is 1. The summed E-state index contributed by atoms with van der Waals surface area (Å²) in [4.78, 5) is 56.4. The van der Waals surface area contributed by atoms with Gasteiger partial charge in [0.25, 0.3) is 17.7 Å². The predicted octanol–water partition coefficient (Wildman–Crippen LogP) is 6.78. The summed E-state index contributed by atoms with van der Waals surface area (Å²) in [5.74, 6) is -4.58. The number of halogens is 3. The van der Waals surface area contributed by atoms with Gasteiger partial charge in [-0.2, -0.15) is 5.01 Å². The average Bonchev–Trinajstić information content (AvgIpc) is 3.25. The fourth-order valence-electron chi connectivity index (χ4n) is 6.84. The molecule has 9 heteroatoms. The van der Waals surface area contributed by atoms with Gasteiger partial charge in [-0.1, -0.05) is 95.5 Å². The lowest BCUT2D eigenvalue weighted by molar-refractivity contribution is -0.154. The van der Waals surface area contributed by atoms with Crippen LogP contribution in [0.3, 0.4) is 0 Å². The number of hydrogen-bond donors (Lipinski definition) is 0. The Hall–Kier alpha value is -3.97. The third-order valence-electron chi connectivity index (χ3n) is 8.53. The first-order valence-corrected chi connectivity index (χ1v) is 14.5. The number of ketones is 1. The van der Waals surface area contributed by atoms with Crippen LogP contribution in [0.4, 0.5) is 0 Å². The summed E-state index contributed by atoms with van der Waals surface area (Å²) in [5.41, 5.74) is 4.16. The minimum absolute atomic E-state index is 0.0548. The molecule has 3 aliphatic carbocycles. The van der Waals surface area contributed by atoms with Crippen molar-refractivity contribution in [3.05, 3.63) is 139 Å². The van der Waals surface area contributed by atoms with Crippen molar-refractivity contribution in [3.8, 4) is 0 Å². The van der Waals surface area contributed by atoms with E-state index in [0.717, 1.165) is 32.3 Å². The van der Waals surface area contributed by atoms with E-state index < -0.39 is 41.9 Å². The molecule has 0 N–H and O–H groups in total. The van der Waals surface area contributed by atoms with Crippen molar-refractivity contribution in [1.82, 2.24) is 10.0 Å². The molecular weight excluding hydrogens is 595 g/mol. The molecule has 0 spiro atoms. The van der Waals surface area contributed by atoms with E-state index in [9.17, 15) is 19.2 Å². The molecule has 8 rings (SSSR count). The van der Waals surface area contributed by atoms with Crippen molar-refractivity contribution >= 4 is 58.3 Å². The summed E-state index contributed by atoms with van der Waals surface area (Å²) in [6.07, 6.45) is 0. The van der Waals surface area contributed by atoms with E-state index in [4.69, 9.17) is 34.8 Å². The largest absolute Gasteiger partial charge is 0.292 e. The first-order chi connectivity index (χ1) is 20.3. The van der Waals surface area contributed by atoms with Crippen molar-refractivity contribution in [2.45, 2.75) is 11.8 Å². The lowest BCUT2D eigenvalue weighted by atomic mass is 9.55. The van der Waals surface area contributed by atoms with Crippen LogP contribution in [-0.4, -0.2) is 40.1 Å². The Balaban J connectivity index is 1.34. The first-order valence-electron chi connectivity index (χ1n) is 13.4. The highest BCUT2D eigenvalue weighted by atomic mass is 35.5. The molecule has 0 radical (unpaired) electrons. The molecule has 2 bridgehead atoms. The highest BCUT2D eigenvalue weighted by Gasteiger charge is 2.63. The molecule has 4 aromatic carbocycles. The molecular formula is C33H21Cl3N2O4. The fraction of sp³-hybridized carbons (Fsp3) is 0.152. The van der Waals surface area contributed by atoms with E-state index in [1.165, 1.54) is 30.3 Å². The molecule has 1 saturated heterocycles. The molecule has 0 saturated carbocycles. The molecule has 6 nitrogen and oxygen atoms in total. The van der Waals surface area contributed by atoms with Gasteiger partial charge >= 0.3 is 0 Å². The first kappa shape index (κ1) is 26.9. The number of rotatable bonds is 5. The molecule has 3 amide bonds. The lowest BCUT2D eigenvalue weighted by Crippen LogP contribution is -2.52. The van der Waals surface area contributed by atoms with Crippen LogP contribution in [0.1, 0.15) is 54.8 Å². The van der Waals surface area contributed by atoms with E-state index in [1.54, 1.807) is 12.1 Å². The Morgan fingerprint density at radius 3 is 1.64 bits per heavy atom. The molecule has 1 aliphatic heterocycles. The van der Waals surface area contributed by atoms with Crippen LogP contribution in [-0.2, 0) is 9.59 Å². The number of amides is 3. The van der Waals surface area contributed by atoms with Gasteiger partial charge in [-0.15, -0.1) is 0 Å². The number of nitrogens with zero attached hydrogens (tertiary/aromatic N) is 2. The average molecular weight is 616 g/mol. The maximum atomic E-state index is 14.4. The van der Waals surface area contributed by atoms with Gasteiger partial charge in [0.2, 0.25) is 0 Å². The van der Waals surface area contributed by atoms with Crippen LogP contribution in [0.15, 0.2) is 91.0 Å². The maximum absolute atomic E-state index is 14.4. The fourth-order valence-corrected chi connectivity index (χ4v) is 7.57. The Labute approximate surface area is 256 Å². The zero-order valence-electron chi connectivity index (χ0n) is 21.8. The normalized spacial score (nSPS) is 21.5. The van der Waals surface area contributed by atoms with Crippen LogP contribution in [0.25, 0.3) is 0 Å². The van der Waals surface area contributed by atoms with E-state index in [2.05, 4.69) is 0 Å². The molecule has 2 atom stereocenters. The van der Waals surface area contributed by atoms with Gasteiger partial charge in [0.1, 0.15) is 6.54 Å². The summed E-state index contributed by atoms with van der Waals surface area (Å²) in [6.45, 7) is -0.614. The maximum Gasteiger partial charge on any atom is 0.274 e. The number of carbonyl (C=O) groups is 4. The lowest BCUT2D eigenvalue weighted by Gasteiger charge is -2.45. The van der Waals surface area contributed by atoms with Gasteiger partial charge in [0, 0.05) is 22.4 Å². The van der Waals surface area contributed by atoms with Gasteiger partial charge in [-0.3, -0.25) is 19.2 Å². The molecule has 42 heavy (non-hydrogen) atoms. The van der Waals surface area contributed by atoms with Gasteiger partial charge in [0.15, 0.2) is 5.78 Å². The summed E-state index contributed by atoms with van der Waals surface area (Å²) in [7, 11) is 0. The van der Waals surface area contributed by atoms with Gasteiger partial charge in [-0.05, 0) is 52.6 Å². The van der Waals surface area contributed by atoms with Gasteiger partial charge in [0.05, 0.1) is 27.4 Å². The highest BCUT2D eigenvalue weighted by Crippen LogP contribution is 2.61. The Morgan fingerprint density at radius 1 is 0.643 bits per heavy atom. The van der Waals surface area contributed by atoms with Gasteiger partial charge in [-0.25, -0.2) is 5.01 Å². The summed E-state index contributed by atoms with van der Waals surface area (Å²) in [5, 5.41) is 2.35. The zero-order chi connectivity index (χ0) is 29.3. The van der Waals surface area contributed by atoms with Crippen molar-refractivity contribution in [3.63, 3.8) is 0 Å². The number of hydrogen-bond acceptors (Lipinski definition) is 4. The number of benzene rings is 4. The Kier molecular flexibility index (Phi) is 6.46. The zero-order valence-corrected chi connectivity index (χ0v) is 24.1. The van der Waals surface area contributed by atoms with E-state index in [1.807, 2.05) is 48.5 Å². The molecule has 4 aromatic rings. The quantitative estimate of drug-likeness (QED) is 0.183. The second-order valence-electron chi connectivity index (χ2n) is 10.6. The molecule has 0 aromatic heterocycles. The summed E-state index contributed by atoms with van der Waals surface area (Å²) in [6, 6.07) is 26.4. The highest BCUT2D eigenvalue weighted by molar-refractivity contribution is 6.37. The summed E-state index contributed by atoms with van der Waals surface area (Å²) < 4.78 is 0. The Bertz CT molecular complexity index is 1720. The smallest absolute Gasteiger partial charge is 0.274 e. The molecule has 1 heterocycles. The van der Waals surface area contributed by atoms with Crippen LogP contribution in [0, 0.1) is 11.8 Å².